The first-order chi connectivity index (χ1) is 11.3. The number of guanidine groups is 1. The Morgan fingerprint density at radius 1 is 1.42 bits per heavy atom. The number of rotatable bonds is 6. The third kappa shape index (κ3) is 4.56. The number of aliphatic imine (C=N–C) groups is 1. The molecular weight excluding hydrogens is 417 g/mol. The molecule has 3 rings (SSSR count). The normalized spacial score (nSPS) is 18.7. The SMILES string of the molecule is CCN1CCCC1CN=C(N)NCCc1nnc2ccccn12.I. The molecule has 1 aliphatic rings. The predicted octanol–water partition coefficient (Wildman–Crippen LogP) is 1.28. The molecule has 2 aromatic heterocycles. The molecule has 1 aliphatic heterocycles. The van der Waals surface area contributed by atoms with Gasteiger partial charge in [0.25, 0.3) is 0 Å². The number of nitrogens with zero attached hydrogens (tertiary/aromatic N) is 5. The second-order valence-corrected chi connectivity index (χ2v) is 5.87. The van der Waals surface area contributed by atoms with E-state index in [9.17, 15) is 0 Å². The zero-order valence-corrected chi connectivity index (χ0v) is 16.4. The first-order valence-corrected chi connectivity index (χ1v) is 8.34. The summed E-state index contributed by atoms with van der Waals surface area (Å²) in [5.74, 6) is 1.44. The van der Waals surface area contributed by atoms with E-state index in [1.165, 1.54) is 19.4 Å². The van der Waals surface area contributed by atoms with E-state index in [4.69, 9.17) is 5.73 Å². The summed E-state index contributed by atoms with van der Waals surface area (Å²) in [7, 11) is 0. The molecule has 1 fully saturated rings. The smallest absolute Gasteiger partial charge is 0.188 e. The molecule has 3 N–H and O–H groups in total. The van der Waals surface area contributed by atoms with Gasteiger partial charge in [0.1, 0.15) is 5.82 Å². The van der Waals surface area contributed by atoms with Crippen LogP contribution in [0.25, 0.3) is 5.65 Å². The van der Waals surface area contributed by atoms with Gasteiger partial charge < -0.3 is 11.1 Å². The van der Waals surface area contributed by atoms with Crippen molar-refractivity contribution in [2.45, 2.75) is 32.2 Å². The number of nitrogens with two attached hydrogens (primary N) is 1. The number of halogens is 1. The first kappa shape index (κ1) is 18.9. The topological polar surface area (TPSA) is 83.8 Å². The standard InChI is InChI=1S/C16H25N7.HI/c1-2-22-10-5-6-13(22)12-19-16(17)18-9-8-15-21-20-14-7-3-4-11-23(14)15;/h3-4,7,11,13H,2,5-6,8-10,12H2,1H3,(H3,17,18,19);1H. The van der Waals surface area contributed by atoms with Gasteiger partial charge in [-0.1, -0.05) is 13.0 Å². The fourth-order valence-electron chi connectivity index (χ4n) is 3.14. The molecule has 0 spiro atoms. The van der Waals surface area contributed by atoms with E-state index < -0.39 is 0 Å². The van der Waals surface area contributed by atoms with E-state index in [0.29, 0.717) is 18.5 Å². The number of hydrogen-bond acceptors (Lipinski definition) is 4. The minimum absolute atomic E-state index is 0. The van der Waals surface area contributed by atoms with Gasteiger partial charge >= 0.3 is 0 Å². The van der Waals surface area contributed by atoms with Gasteiger partial charge in [-0.3, -0.25) is 14.3 Å². The van der Waals surface area contributed by atoms with Gasteiger partial charge in [-0.25, -0.2) is 0 Å². The molecule has 1 unspecified atom stereocenters. The maximum Gasteiger partial charge on any atom is 0.188 e. The minimum Gasteiger partial charge on any atom is -0.370 e. The average Bonchev–Trinajstić information content (AvgIpc) is 3.19. The van der Waals surface area contributed by atoms with E-state index in [1.807, 2.05) is 28.8 Å². The van der Waals surface area contributed by atoms with Crippen molar-refractivity contribution in [2.75, 3.05) is 26.2 Å². The van der Waals surface area contributed by atoms with E-state index in [-0.39, 0.29) is 24.0 Å². The highest BCUT2D eigenvalue weighted by molar-refractivity contribution is 14.0. The number of hydrogen-bond donors (Lipinski definition) is 2. The number of likely N-dealkylation sites (tertiary alicyclic amines) is 1. The van der Waals surface area contributed by atoms with Crippen molar-refractivity contribution in [3.63, 3.8) is 0 Å². The van der Waals surface area contributed by atoms with Gasteiger partial charge in [0.2, 0.25) is 0 Å². The van der Waals surface area contributed by atoms with Crippen LogP contribution in [0.15, 0.2) is 29.4 Å². The molecule has 2 aromatic rings. The lowest BCUT2D eigenvalue weighted by Gasteiger charge is -2.20. The lowest BCUT2D eigenvalue weighted by Crippen LogP contribution is -2.36. The molecule has 0 amide bonds. The number of pyridine rings is 1. The molecule has 1 saturated heterocycles. The quantitative estimate of drug-likeness (QED) is 0.399. The van der Waals surface area contributed by atoms with Crippen LogP contribution in [0.4, 0.5) is 0 Å². The highest BCUT2D eigenvalue weighted by Crippen LogP contribution is 2.16. The van der Waals surface area contributed by atoms with E-state index in [0.717, 1.165) is 31.0 Å². The van der Waals surface area contributed by atoms with E-state index in [1.54, 1.807) is 0 Å². The Hall–Kier alpha value is -1.42. The molecule has 0 aliphatic carbocycles. The molecule has 1 atom stereocenters. The Labute approximate surface area is 159 Å². The Balaban J connectivity index is 0.00000208. The van der Waals surface area contributed by atoms with Crippen molar-refractivity contribution in [1.29, 1.82) is 0 Å². The fraction of sp³-hybridized carbons (Fsp3) is 0.562. The van der Waals surface area contributed by atoms with Gasteiger partial charge in [0, 0.05) is 25.2 Å². The molecule has 132 valence electrons. The summed E-state index contributed by atoms with van der Waals surface area (Å²) in [5.41, 5.74) is 6.83. The number of fused-ring (bicyclic) bond motifs is 1. The maximum atomic E-state index is 5.97. The molecule has 0 aromatic carbocycles. The van der Waals surface area contributed by atoms with E-state index in [2.05, 4.69) is 32.3 Å². The average molecular weight is 443 g/mol. The maximum absolute atomic E-state index is 5.97. The summed E-state index contributed by atoms with van der Waals surface area (Å²) in [6.07, 6.45) is 5.21. The minimum atomic E-state index is 0. The Morgan fingerprint density at radius 2 is 2.29 bits per heavy atom. The first-order valence-electron chi connectivity index (χ1n) is 8.34. The fourth-order valence-corrected chi connectivity index (χ4v) is 3.14. The molecule has 0 bridgehead atoms. The monoisotopic (exact) mass is 443 g/mol. The van der Waals surface area contributed by atoms with Gasteiger partial charge in [0.05, 0.1) is 6.54 Å². The van der Waals surface area contributed by atoms with Crippen molar-refractivity contribution in [3.8, 4) is 0 Å². The number of likely N-dealkylation sites (N-methyl/N-ethyl adjacent to an activating group) is 1. The highest BCUT2D eigenvalue weighted by atomic mass is 127. The zero-order valence-electron chi connectivity index (χ0n) is 14.1. The van der Waals surface area contributed by atoms with Crippen molar-refractivity contribution in [2.24, 2.45) is 10.7 Å². The second-order valence-electron chi connectivity index (χ2n) is 5.87. The van der Waals surface area contributed by atoms with Crippen molar-refractivity contribution < 1.29 is 0 Å². The van der Waals surface area contributed by atoms with Crippen molar-refractivity contribution in [1.82, 2.24) is 24.8 Å². The summed E-state index contributed by atoms with van der Waals surface area (Å²) < 4.78 is 1.99. The number of aromatic nitrogens is 3. The van der Waals surface area contributed by atoms with Crippen LogP contribution < -0.4 is 11.1 Å². The predicted molar refractivity (Wildman–Crippen MR) is 107 cm³/mol. The summed E-state index contributed by atoms with van der Waals surface area (Å²) in [4.78, 5) is 6.96. The van der Waals surface area contributed by atoms with Crippen LogP contribution in [0.1, 0.15) is 25.6 Å². The molecule has 7 nitrogen and oxygen atoms in total. The summed E-state index contributed by atoms with van der Waals surface area (Å²) in [6, 6.07) is 6.42. The second kappa shape index (κ2) is 9.16. The molecule has 24 heavy (non-hydrogen) atoms. The van der Waals surface area contributed by atoms with Crippen LogP contribution in [-0.2, 0) is 6.42 Å². The van der Waals surface area contributed by atoms with Crippen LogP contribution in [0.5, 0.6) is 0 Å². The van der Waals surface area contributed by atoms with Gasteiger partial charge in [-0.05, 0) is 38.1 Å². The van der Waals surface area contributed by atoms with Crippen LogP contribution in [0, 0.1) is 0 Å². The van der Waals surface area contributed by atoms with Gasteiger partial charge in [0.15, 0.2) is 11.6 Å². The molecule has 3 heterocycles. The molecule has 0 radical (unpaired) electrons. The van der Waals surface area contributed by atoms with Crippen molar-refractivity contribution >= 4 is 35.6 Å². The van der Waals surface area contributed by atoms with Gasteiger partial charge in [-0.15, -0.1) is 34.2 Å². The van der Waals surface area contributed by atoms with Gasteiger partial charge in [-0.2, -0.15) is 0 Å². The summed E-state index contributed by atoms with van der Waals surface area (Å²) in [6.45, 7) is 5.96. The molecular formula is C16H26IN7. The lowest BCUT2D eigenvalue weighted by molar-refractivity contribution is 0.273. The summed E-state index contributed by atoms with van der Waals surface area (Å²) in [5, 5.41) is 11.5. The Bertz CT molecular complexity index is 669. The third-order valence-corrected chi connectivity index (χ3v) is 4.42. The van der Waals surface area contributed by atoms with E-state index >= 15 is 0 Å². The molecule has 8 heteroatoms. The highest BCUT2D eigenvalue weighted by Gasteiger charge is 2.22. The zero-order chi connectivity index (χ0) is 16.1. The largest absolute Gasteiger partial charge is 0.370 e. The van der Waals surface area contributed by atoms with Crippen molar-refractivity contribution in [3.05, 3.63) is 30.2 Å². The van der Waals surface area contributed by atoms with Crippen LogP contribution in [-0.4, -0.2) is 57.7 Å². The number of nitrogens with one attached hydrogen (secondary N) is 1. The molecule has 0 saturated carbocycles. The summed E-state index contributed by atoms with van der Waals surface area (Å²) >= 11 is 0. The van der Waals surface area contributed by atoms with Crippen LogP contribution in [0.2, 0.25) is 0 Å². The Morgan fingerprint density at radius 3 is 3.12 bits per heavy atom. The van der Waals surface area contributed by atoms with Crippen LogP contribution in [0.3, 0.4) is 0 Å². The lowest BCUT2D eigenvalue weighted by atomic mass is 10.2. The van der Waals surface area contributed by atoms with Crippen LogP contribution >= 0.6 is 24.0 Å². The third-order valence-electron chi connectivity index (χ3n) is 4.42. The Kier molecular flexibility index (Phi) is 7.22.